The molecule has 1 aromatic carbocycles. The van der Waals surface area contributed by atoms with Crippen LogP contribution in [0.25, 0.3) is 22.2 Å². The first-order valence-corrected chi connectivity index (χ1v) is 8.77. The molecule has 0 saturated heterocycles. The van der Waals surface area contributed by atoms with Gasteiger partial charge in [-0.05, 0) is 36.4 Å². The maximum absolute atomic E-state index is 14.3. The van der Waals surface area contributed by atoms with Gasteiger partial charge in [-0.2, -0.15) is 0 Å². The molecule has 3 heterocycles. The van der Waals surface area contributed by atoms with Gasteiger partial charge in [-0.25, -0.2) is 9.37 Å². The van der Waals surface area contributed by atoms with Crippen molar-refractivity contribution in [3.63, 3.8) is 0 Å². The van der Waals surface area contributed by atoms with E-state index >= 15 is 0 Å². The first kappa shape index (κ1) is 19.8. The second-order valence-electron chi connectivity index (χ2n) is 6.15. The molecule has 0 unspecified atom stereocenters. The largest absolute Gasteiger partial charge is 0.574 e. The predicted octanol–water partition coefficient (Wildman–Crippen LogP) is 5.35. The Hall–Kier alpha value is -3.53. The SMILES string of the molecule is O=c1[nH]c(OC(F)(F)F)c(Nc2ccnc3[nH]ccc23)cc1-c1cc(Cl)ccc1F. The number of aromatic amines is 2. The summed E-state index contributed by atoms with van der Waals surface area (Å²) in [5, 5.41) is 3.52. The topological polar surface area (TPSA) is 82.8 Å². The van der Waals surface area contributed by atoms with Crippen molar-refractivity contribution in [1.82, 2.24) is 15.0 Å². The van der Waals surface area contributed by atoms with Gasteiger partial charge in [0.05, 0.1) is 11.3 Å². The van der Waals surface area contributed by atoms with Crippen molar-refractivity contribution in [2.45, 2.75) is 6.36 Å². The maximum atomic E-state index is 14.3. The quantitative estimate of drug-likeness (QED) is 0.375. The molecule has 0 bridgehead atoms. The summed E-state index contributed by atoms with van der Waals surface area (Å²) in [5.41, 5.74) is -0.752. The van der Waals surface area contributed by atoms with Crippen LogP contribution >= 0.6 is 11.6 Å². The van der Waals surface area contributed by atoms with Crippen LogP contribution in [-0.4, -0.2) is 21.3 Å². The van der Waals surface area contributed by atoms with Crippen LogP contribution in [0.15, 0.2) is 53.6 Å². The Kier molecular flexibility index (Phi) is 4.86. The standard InChI is InChI=1S/C19H11ClF4N4O2/c20-9-1-2-13(21)11(7-9)12-8-15(18(28-17(12)29)30-19(22,23)24)27-14-4-6-26-16-10(14)3-5-25-16/h1-8H,(H,28,29)(H2,25,26,27). The summed E-state index contributed by atoms with van der Waals surface area (Å²) in [6.07, 6.45) is -2.02. The molecular weight excluding hydrogens is 428 g/mol. The van der Waals surface area contributed by atoms with Crippen LogP contribution in [0.4, 0.5) is 28.9 Å². The number of alkyl halides is 3. The van der Waals surface area contributed by atoms with Crippen LogP contribution in [0.2, 0.25) is 5.02 Å². The normalized spacial score (nSPS) is 11.6. The van der Waals surface area contributed by atoms with Gasteiger partial charge in [0.1, 0.15) is 17.2 Å². The first-order chi connectivity index (χ1) is 14.2. The lowest BCUT2D eigenvalue weighted by Crippen LogP contribution is -2.22. The smallest absolute Gasteiger partial charge is 0.388 e. The van der Waals surface area contributed by atoms with Gasteiger partial charge in [0.15, 0.2) is 0 Å². The molecule has 0 aliphatic rings. The van der Waals surface area contributed by atoms with Gasteiger partial charge in [-0.1, -0.05) is 11.6 Å². The summed E-state index contributed by atoms with van der Waals surface area (Å²) in [6, 6.07) is 7.79. The van der Waals surface area contributed by atoms with Gasteiger partial charge in [0.2, 0.25) is 5.88 Å². The van der Waals surface area contributed by atoms with E-state index in [0.29, 0.717) is 16.7 Å². The zero-order valence-corrected chi connectivity index (χ0v) is 15.5. The lowest BCUT2D eigenvalue weighted by atomic mass is 10.1. The van der Waals surface area contributed by atoms with Gasteiger partial charge in [0.25, 0.3) is 5.56 Å². The monoisotopic (exact) mass is 438 g/mol. The summed E-state index contributed by atoms with van der Waals surface area (Å²) in [7, 11) is 0. The number of H-pyrrole nitrogens is 2. The van der Waals surface area contributed by atoms with Crippen molar-refractivity contribution in [1.29, 1.82) is 0 Å². The Balaban J connectivity index is 1.88. The van der Waals surface area contributed by atoms with Crippen molar-refractivity contribution in [2.75, 3.05) is 5.32 Å². The van der Waals surface area contributed by atoms with Gasteiger partial charge in [-0.15, -0.1) is 13.2 Å². The number of hydrogen-bond donors (Lipinski definition) is 3. The Morgan fingerprint density at radius 2 is 1.87 bits per heavy atom. The maximum Gasteiger partial charge on any atom is 0.574 e. The number of aromatic nitrogens is 3. The highest BCUT2D eigenvalue weighted by molar-refractivity contribution is 6.30. The molecular formula is C19H11ClF4N4O2. The van der Waals surface area contributed by atoms with Crippen molar-refractivity contribution in [3.05, 3.63) is 70.0 Å². The van der Waals surface area contributed by atoms with E-state index in [-0.39, 0.29) is 21.8 Å². The summed E-state index contributed by atoms with van der Waals surface area (Å²) in [4.78, 5) is 21.4. The fourth-order valence-corrected chi connectivity index (χ4v) is 3.09. The van der Waals surface area contributed by atoms with Gasteiger partial charge in [-0.3, -0.25) is 9.78 Å². The van der Waals surface area contributed by atoms with E-state index in [4.69, 9.17) is 11.6 Å². The first-order valence-electron chi connectivity index (χ1n) is 8.39. The van der Waals surface area contributed by atoms with Crippen LogP contribution in [0.1, 0.15) is 0 Å². The van der Waals surface area contributed by atoms with Crippen molar-refractivity contribution in [3.8, 4) is 17.0 Å². The summed E-state index contributed by atoms with van der Waals surface area (Å²) in [6.45, 7) is 0. The number of hydrogen-bond acceptors (Lipinski definition) is 4. The minimum Gasteiger partial charge on any atom is -0.388 e. The molecule has 0 amide bonds. The lowest BCUT2D eigenvalue weighted by molar-refractivity contribution is -0.275. The number of fused-ring (bicyclic) bond motifs is 1. The third-order valence-electron chi connectivity index (χ3n) is 4.17. The molecule has 154 valence electrons. The highest BCUT2D eigenvalue weighted by Crippen LogP contribution is 2.35. The number of ether oxygens (including phenoxy) is 1. The number of pyridine rings is 2. The number of nitrogens with zero attached hydrogens (tertiary/aromatic N) is 1. The number of benzene rings is 1. The molecule has 3 N–H and O–H groups in total. The van der Waals surface area contributed by atoms with Gasteiger partial charge in [0, 0.05) is 28.4 Å². The van der Waals surface area contributed by atoms with Crippen LogP contribution in [0.5, 0.6) is 5.88 Å². The second-order valence-corrected chi connectivity index (χ2v) is 6.59. The van der Waals surface area contributed by atoms with Crippen molar-refractivity contribution in [2.24, 2.45) is 0 Å². The molecule has 0 aliphatic carbocycles. The van der Waals surface area contributed by atoms with Crippen molar-refractivity contribution >= 4 is 34.0 Å². The molecule has 0 saturated carbocycles. The minimum absolute atomic E-state index is 0.152. The predicted molar refractivity (Wildman–Crippen MR) is 104 cm³/mol. The van der Waals surface area contributed by atoms with E-state index in [2.05, 4.69) is 20.0 Å². The fourth-order valence-electron chi connectivity index (χ4n) is 2.92. The fraction of sp³-hybridized carbons (Fsp3) is 0.0526. The van der Waals surface area contributed by atoms with E-state index in [1.54, 1.807) is 12.3 Å². The van der Waals surface area contributed by atoms with E-state index in [1.807, 2.05) is 4.98 Å². The number of rotatable bonds is 4. The average molecular weight is 439 g/mol. The Morgan fingerprint density at radius 1 is 1.07 bits per heavy atom. The van der Waals surface area contributed by atoms with Crippen LogP contribution in [0.3, 0.4) is 0 Å². The summed E-state index contributed by atoms with van der Waals surface area (Å²) < 4.78 is 56.9. The molecule has 0 atom stereocenters. The lowest BCUT2D eigenvalue weighted by Gasteiger charge is -2.16. The summed E-state index contributed by atoms with van der Waals surface area (Å²) in [5.74, 6) is -1.64. The van der Waals surface area contributed by atoms with Gasteiger partial charge < -0.3 is 15.0 Å². The number of nitrogens with one attached hydrogen (secondary N) is 3. The molecule has 0 spiro atoms. The minimum atomic E-state index is -5.07. The van der Waals surface area contributed by atoms with Crippen molar-refractivity contribution < 1.29 is 22.3 Å². The third-order valence-corrected chi connectivity index (χ3v) is 4.41. The van der Waals surface area contributed by atoms with Crippen LogP contribution in [-0.2, 0) is 0 Å². The second kappa shape index (κ2) is 7.38. The molecule has 6 nitrogen and oxygen atoms in total. The zero-order valence-electron chi connectivity index (χ0n) is 14.8. The highest BCUT2D eigenvalue weighted by atomic mass is 35.5. The van der Waals surface area contributed by atoms with Crippen LogP contribution < -0.4 is 15.6 Å². The molecule has 3 aromatic heterocycles. The average Bonchev–Trinajstić information content (AvgIpc) is 3.14. The molecule has 30 heavy (non-hydrogen) atoms. The highest BCUT2D eigenvalue weighted by Gasteiger charge is 2.33. The molecule has 11 heteroatoms. The molecule has 0 aliphatic heterocycles. The van der Waals surface area contributed by atoms with E-state index in [0.717, 1.165) is 12.1 Å². The van der Waals surface area contributed by atoms with E-state index in [9.17, 15) is 22.4 Å². The zero-order chi connectivity index (χ0) is 21.5. The third kappa shape index (κ3) is 3.94. The van der Waals surface area contributed by atoms with Gasteiger partial charge >= 0.3 is 6.36 Å². The van der Waals surface area contributed by atoms with E-state index in [1.165, 1.54) is 24.4 Å². The number of anilines is 2. The van der Waals surface area contributed by atoms with Crippen LogP contribution in [0, 0.1) is 5.82 Å². The molecule has 4 rings (SSSR count). The Labute approximate surface area is 170 Å². The molecule has 4 aromatic rings. The molecule has 0 radical (unpaired) electrons. The molecule has 0 fully saturated rings. The Morgan fingerprint density at radius 3 is 2.63 bits per heavy atom. The number of halogens is 5. The summed E-state index contributed by atoms with van der Waals surface area (Å²) >= 11 is 5.88. The van der Waals surface area contributed by atoms with E-state index < -0.39 is 23.6 Å². The Bertz CT molecular complexity index is 1300.